The standard InChI is InChI=1S/C17H30N4S.HI/c1-21(15-7-3-2-4-8-15)13-6-11-19-17(18)20-12-10-16-9-5-14-22-16;/h5,9,14-15H,2-4,6-8,10-13H2,1H3,(H3,18,19,20);1H. The number of guanidine groups is 1. The van der Waals surface area contributed by atoms with E-state index < -0.39 is 0 Å². The Morgan fingerprint density at radius 2 is 2.17 bits per heavy atom. The van der Waals surface area contributed by atoms with Crippen molar-refractivity contribution in [3.05, 3.63) is 22.4 Å². The first-order valence-electron chi connectivity index (χ1n) is 8.52. The van der Waals surface area contributed by atoms with Crippen molar-refractivity contribution < 1.29 is 0 Å². The molecule has 1 heterocycles. The van der Waals surface area contributed by atoms with Crippen molar-refractivity contribution in [2.75, 3.05) is 26.7 Å². The van der Waals surface area contributed by atoms with Gasteiger partial charge in [0.1, 0.15) is 0 Å². The fraction of sp³-hybridized carbons (Fsp3) is 0.706. The van der Waals surface area contributed by atoms with E-state index in [0.717, 1.165) is 38.5 Å². The Hall–Kier alpha value is -0.340. The highest BCUT2D eigenvalue weighted by atomic mass is 127. The van der Waals surface area contributed by atoms with Gasteiger partial charge in [-0.25, -0.2) is 0 Å². The summed E-state index contributed by atoms with van der Waals surface area (Å²) in [5, 5.41) is 5.30. The molecule has 0 amide bonds. The normalized spacial score (nSPS) is 16.3. The molecule has 4 nitrogen and oxygen atoms in total. The minimum atomic E-state index is 0. The number of hydrogen-bond donors (Lipinski definition) is 2. The Labute approximate surface area is 161 Å². The quantitative estimate of drug-likeness (QED) is 0.276. The number of nitrogens with two attached hydrogens (primary N) is 1. The molecular weight excluding hydrogens is 419 g/mol. The van der Waals surface area contributed by atoms with Crippen molar-refractivity contribution in [1.82, 2.24) is 10.2 Å². The third-order valence-corrected chi connectivity index (χ3v) is 5.34. The van der Waals surface area contributed by atoms with Gasteiger partial charge in [-0.15, -0.1) is 35.3 Å². The Morgan fingerprint density at radius 3 is 2.87 bits per heavy atom. The van der Waals surface area contributed by atoms with E-state index in [4.69, 9.17) is 5.73 Å². The van der Waals surface area contributed by atoms with E-state index in [2.05, 4.69) is 39.8 Å². The van der Waals surface area contributed by atoms with Gasteiger partial charge in [0.15, 0.2) is 5.96 Å². The van der Waals surface area contributed by atoms with Crippen LogP contribution >= 0.6 is 35.3 Å². The van der Waals surface area contributed by atoms with Gasteiger partial charge >= 0.3 is 0 Å². The van der Waals surface area contributed by atoms with Gasteiger partial charge in [0.2, 0.25) is 0 Å². The maximum atomic E-state index is 5.90. The second-order valence-electron chi connectivity index (χ2n) is 6.15. The van der Waals surface area contributed by atoms with Gasteiger partial charge in [0.25, 0.3) is 0 Å². The zero-order valence-electron chi connectivity index (χ0n) is 14.2. The predicted octanol–water partition coefficient (Wildman–Crippen LogP) is 3.47. The zero-order chi connectivity index (χ0) is 15.6. The third kappa shape index (κ3) is 8.35. The lowest BCUT2D eigenvalue weighted by molar-refractivity contribution is 0.191. The summed E-state index contributed by atoms with van der Waals surface area (Å²) in [4.78, 5) is 8.31. The summed E-state index contributed by atoms with van der Waals surface area (Å²) < 4.78 is 0. The second-order valence-corrected chi connectivity index (χ2v) is 7.18. The molecule has 1 fully saturated rings. The van der Waals surface area contributed by atoms with Gasteiger partial charge in [0.05, 0.1) is 0 Å². The van der Waals surface area contributed by atoms with E-state index in [9.17, 15) is 0 Å². The topological polar surface area (TPSA) is 53.6 Å². The molecule has 0 aromatic carbocycles. The average molecular weight is 450 g/mol. The Bertz CT molecular complexity index is 430. The van der Waals surface area contributed by atoms with Crippen LogP contribution in [0.1, 0.15) is 43.4 Å². The molecule has 0 aliphatic heterocycles. The van der Waals surface area contributed by atoms with Crippen LogP contribution in [-0.2, 0) is 6.42 Å². The van der Waals surface area contributed by atoms with Crippen LogP contribution < -0.4 is 11.1 Å². The van der Waals surface area contributed by atoms with Gasteiger partial charge < -0.3 is 16.0 Å². The first-order valence-corrected chi connectivity index (χ1v) is 9.40. The Balaban J connectivity index is 0.00000264. The molecule has 132 valence electrons. The van der Waals surface area contributed by atoms with Crippen LogP contribution in [0.15, 0.2) is 22.5 Å². The molecule has 0 saturated heterocycles. The lowest BCUT2D eigenvalue weighted by Crippen LogP contribution is -2.35. The van der Waals surface area contributed by atoms with Gasteiger partial charge in [-0.3, -0.25) is 4.99 Å². The monoisotopic (exact) mass is 450 g/mol. The Kier molecular flexibility index (Phi) is 10.9. The fourth-order valence-electron chi connectivity index (χ4n) is 3.05. The average Bonchev–Trinajstić information content (AvgIpc) is 3.05. The minimum absolute atomic E-state index is 0. The number of nitrogens with zero attached hydrogens (tertiary/aromatic N) is 2. The van der Waals surface area contributed by atoms with Crippen LogP contribution in [0.4, 0.5) is 0 Å². The third-order valence-electron chi connectivity index (χ3n) is 4.41. The molecule has 1 aliphatic carbocycles. The summed E-state index contributed by atoms with van der Waals surface area (Å²) in [6, 6.07) is 5.03. The van der Waals surface area contributed by atoms with Crippen LogP contribution in [0.5, 0.6) is 0 Å². The van der Waals surface area contributed by atoms with Crippen LogP contribution in [-0.4, -0.2) is 43.6 Å². The highest BCUT2D eigenvalue weighted by molar-refractivity contribution is 14.0. The zero-order valence-corrected chi connectivity index (χ0v) is 17.3. The van der Waals surface area contributed by atoms with Crippen molar-refractivity contribution >= 4 is 41.3 Å². The van der Waals surface area contributed by atoms with E-state index in [1.165, 1.54) is 37.0 Å². The number of rotatable bonds is 8. The molecular formula is C17H31IN4S. The molecule has 23 heavy (non-hydrogen) atoms. The molecule has 0 bridgehead atoms. The number of halogens is 1. The largest absolute Gasteiger partial charge is 0.370 e. The molecule has 0 radical (unpaired) electrons. The van der Waals surface area contributed by atoms with Crippen molar-refractivity contribution in [2.24, 2.45) is 10.7 Å². The highest BCUT2D eigenvalue weighted by Gasteiger charge is 2.16. The number of aliphatic imine (C=N–C) groups is 1. The van der Waals surface area contributed by atoms with Gasteiger partial charge in [-0.1, -0.05) is 25.3 Å². The molecule has 0 unspecified atom stereocenters. The molecule has 1 aromatic rings. The summed E-state index contributed by atoms with van der Waals surface area (Å²) in [5.41, 5.74) is 5.90. The summed E-state index contributed by atoms with van der Waals surface area (Å²) in [7, 11) is 2.25. The van der Waals surface area contributed by atoms with Gasteiger partial charge in [0, 0.05) is 24.0 Å². The predicted molar refractivity (Wildman–Crippen MR) is 112 cm³/mol. The van der Waals surface area contributed by atoms with Crippen molar-refractivity contribution in [3.63, 3.8) is 0 Å². The maximum absolute atomic E-state index is 5.90. The fourth-order valence-corrected chi connectivity index (χ4v) is 3.76. The smallest absolute Gasteiger partial charge is 0.188 e. The van der Waals surface area contributed by atoms with Crippen molar-refractivity contribution in [1.29, 1.82) is 0 Å². The first kappa shape index (κ1) is 20.7. The molecule has 0 atom stereocenters. The summed E-state index contributed by atoms with van der Waals surface area (Å²) >= 11 is 1.79. The van der Waals surface area contributed by atoms with E-state index in [1.54, 1.807) is 11.3 Å². The summed E-state index contributed by atoms with van der Waals surface area (Å²) in [6.45, 7) is 2.80. The van der Waals surface area contributed by atoms with Crippen LogP contribution in [0, 0.1) is 0 Å². The minimum Gasteiger partial charge on any atom is -0.370 e. The van der Waals surface area contributed by atoms with E-state index >= 15 is 0 Å². The van der Waals surface area contributed by atoms with Crippen LogP contribution in [0.25, 0.3) is 0 Å². The number of hydrogen-bond acceptors (Lipinski definition) is 3. The SMILES string of the molecule is CN(CCCN=C(N)NCCc1cccs1)C1CCCCC1.I. The lowest BCUT2D eigenvalue weighted by Gasteiger charge is -2.30. The second kappa shape index (κ2) is 12.1. The van der Waals surface area contributed by atoms with Gasteiger partial charge in [-0.05, 0) is 50.7 Å². The maximum Gasteiger partial charge on any atom is 0.188 e. The van der Waals surface area contributed by atoms with E-state index in [1.807, 2.05) is 0 Å². The number of thiophene rings is 1. The molecule has 3 N–H and O–H groups in total. The van der Waals surface area contributed by atoms with Crippen molar-refractivity contribution in [2.45, 2.75) is 51.0 Å². The highest BCUT2D eigenvalue weighted by Crippen LogP contribution is 2.21. The lowest BCUT2D eigenvalue weighted by atomic mass is 9.94. The van der Waals surface area contributed by atoms with E-state index in [0.29, 0.717) is 5.96 Å². The van der Waals surface area contributed by atoms with E-state index in [-0.39, 0.29) is 24.0 Å². The first-order chi connectivity index (χ1) is 10.8. The molecule has 6 heteroatoms. The van der Waals surface area contributed by atoms with Crippen LogP contribution in [0.3, 0.4) is 0 Å². The van der Waals surface area contributed by atoms with Crippen molar-refractivity contribution in [3.8, 4) is 0 Å². The molecule has 1 aromatic heterocycles. The summed E-state index contributed by atoms with van der Waals surface area (Å²) in [6.07, 6.45) is 9.04. The molecule has 1 saturated carbocycles. The Morgan fingerprint density at radius 1 is 1.39 bits per heavy atom. The van der Waals surface area contributed by atoms with Gasteiger partial charge in [-0.2, -0.15) is 0 Å². The molecule has 1 aliphatic rings. The molecule has 0 spiro atoms. The number of nitrogens with one attached hydrogen (secondary N) is 1. The summed E-state index contributed by atoms with van der Waals surface area (Å²) in [5.74, 6) is 0.580. The van der Waals surface area contributed by atoms with Crippen LogP contribution in [0.2, 0.25) is 0 Å². The molecule has 2 rings (SSSR count).